The van der Waals surface area contributed by atoms with Crippen LogP contribution in [-0.4, -0.2) is 30.1 Å². The standard InChI is InChI=1S/C15H24N2S/c1-10-5-6-14(18-10)11(2)17-9-12-7-16-8-13(12)15(17,3)4/h5-6,11-13,16H,7-9H2,1-4H3. The van der Waals surface area contributed by atoms with Gasteiger partial charge >= 0.3 is 0 Å². The second-order valence-electron chi connectivity index (χ2n) is 6.46. The summed E-state index contributed by atoms with van der Waals surface area (Å²) in [6.07, 6.45) is 0. The number of fused-ring (bicyclic) bond motifs is 1. The van der Waals surface area contributed by atoms with Gasteiger partial charge < -0.3 is 5.32 Å². The van der Waals surface area contributed by atoms with Gasteiger partial charge in [-0.25, -0.2) is 0 Å². The molecule has 2 saturated heterocycles. The van der Waals surface area contributed by atoms with E-state index in [1.807, 2.05) is 11.3 Å². The van der Waals surface area contributed by atoms with Crippen molar-refractivity contribution in [2.75, 3.05) is 19.6 Å². The Hall–Kier alpha value is -0.380. The van der Waals surface area contributed by atoms with E-state index in [0.717, 1.165) is 11.8 Å². The van der Waals surface area contributed by atoms with Crippen molar-refractivity contribution >= 4 is 11.3 Å². The Kier molecular flexibility index (Phi) is 3.04. The highest BCUT2D eigenvalue weighted by molar-refractivity contribution is 7.12. The van der Waals surface area contributed by atoms with Gasteiger partial charge in [0.05, 0.1) is 0 Å². The average molecular weight is 264 g/mol. The molecule has 3 atom stereocenters. The van der Waals surface area contributed by atoms with E-state index in [9.17, 15) is 0 Å². The minimum atomic E-state index is 0.325. The summed E-state index contributed by atoms with van der Waals surface area (Å²) in [5.41, 5.74) is 0.325. The largest absolute Gasteiger partial charge is 0.316 e. The van der Waals surface area contributed by atoms with Crippen LogP contribution in [0.1, 0.15) is 36.6 Å². The molecule has 3 unspecified atom stereocenters. The average Bonchev–Trinajstić information content (AvgIpc) is 2.96. The third-order valence-electron chi connectivity index (χ3n) is 5.06. The molecule has 3 heterocycles. The van der Waals surface area contributed by atoms with E-state index in [2.05, 4.69) is 50.0 Å². The highest BCUT2D eigenvalue weighted by Crippen LogP contribution is 2.45. The predicted octanol–water partition coefficient (Wildman–Crippen LogP) is 3.05. The molecule has 2 aliphatic heterocycles. The molecule has 2 aliphatic rings. The van der Waals surface area contributed by atoms with Crippen molar-refractivity contribution in [2.45, 2.75) is 39.3 Å². The van der Waals surface area contributed by atoms with Crippen LogP contribution in [0.15, 0.2) is 12.1 Å². The maximum Gasteiger partial charge on any atom is 0.0418 e. The van der Waals surface area contributed by atoms with Crippen LogP contribution >= 0.6 is 11.3 Å². The van der Waals surface area contributed by atoms with E-state index in [1.54, 1.807) is 0 Å². The molecule has 2 fully saturated rings. The molecular formula is C15H24N2S. The first-order valence-electron chi connectivity index (χ1n) is 7.04. The molecule has 100 valence electrons. The summed E-state index contributed by atoms with van der Waals surface area (Å²) in [5, 5.41) is 3.56. The van der Waals surface area contributed by atoms with Crippen molar-refractivity contribution in [3.63, 3.8) is 0 Å². The zero-order valence-electron chi connectivity index (χ0n) is 11.9. The van der Waals surface area contributed by atoms with Crippen molar-refractivity contribution in [3.8, 4) is 0 Å². The zero-order valence-corrected chi connectivity index (χ0v) is 12.7. The number of hydrogen-bond donors (Lipinski definition) is 1. The number of thiophene rings is 1. The normalized spacial score (nSPS) is 32.7. The van der Waals surface area contributed by atoms with Gasteiger partial charge in [-0.15, -0.1) is 11.3 Å². The summed E-state index contributed by atoms with van der Waals surface area (Å²) >= 11 is 1.95. The Morgan fingerprint density at radius 1 is 1.39 bits per heavy atom. The van der Waals surface area contributed by atoms with Crippen LogP contribution in [0.25, 0.3) is 0 Å². The molecule has 3 heteroatoms. The molecule has 0 amide bonds. The molecule has 0 radical (unpaired) electrons. The van der Waals surface area contributed by atoms with Crippen LogP contribution in [0.4, 0.5) is 0 Å². The van der Waals surface area contributed by atoms with E-state index >= 15 is 0 Å². The molecule has 0 bridgehead atoms. The molecule has 1 aromatic heterocycles. The molecule has 0 spiro atoms. The molecule has 3 rings (SSSR count). The Labute approximate surface area is 114 Å². The molecule has 0 aliphatic carbocycles. The summed E-state index contributed by atoms with van der Waals surface area (Å²) in [7, 11) is 0. The van der Waals surface area contributed by atoms with Crippen molar-refractivity contribution in [2.24, 2.45) is 11.8 Å². The first kappa shape index (κ1) is 12.6. The van der Waals surface area contributed by atoms with Crippen molar-refractivity contribution in [1.29, 1.82) is 0 Å². The fraction of sp³-hybridized carbons (Fsp3) is 0.733. The minimum Gasteiger partial charge on any atom is -0.316 e. The van der Waals surface area contributed by atoms with Crippen molar-refractivity contribution in [3.05, 3.63) is 21.9 Å². The van der Waals surface area contributed by atoms with E-state index in [4.69, 9.17) is 0 Å². The van der Waals surface area contributed by atoms with Gasteiger partial charge in [-0.05, 0) is 58.2 Å². The summed E-state index contributed by atoms with van der Waals surface area (Å²) in [6, 6.07) is 5.12. The molecule has 1 N–H and O–H groups in total. The third kappa shape index (κ3) is 1.84. The van der Waals surface area contributed by atoms with Gasteiger partial charge in [-0.2, -0.15) is 0 Å². The quantitative estimate of drug-likeness (QED) is 0.883. The zero-order chi connectivity index (χ0) is 12.9. The molecule has 18 heavy (non-hydrogen) atoms. The molecule has 0 saturated carbocycles. The lowest BCUT2D eigenvalue weighted by Crippen LogP contribution is -2.45. The second-order valence-corrected chi connectivity index (χ2v) is 7.77. The van der Waals surface area contributed by atoms with E-state index in [-0.39, 0.29) is 0 Å². The predicted molar refractivity (Wildman–Crippen MR) is 78.1 cm³/mol. The van der Waals surface area contributed by atoms with Gasteiger partial charge in [0, 0.05) is 34.4 Å². The summed E-state index contributed by atoms with van der Waals surface area (Å²) in [5.74, 6) is 1.67. The highest BCUT2D eigenvalue weighted by Gasteiger charge is 2.50. The van der Waals surface area contributed by atoms with Gasteiger partial charge in [0.15, 0.2) is 0 Å². The second kappa shape index (κ2) is 4.32. The van der Waals surface area contributed by atoms with Crippen LogP contribution in [0.2, 0.25) is 0 Å². The summed E-state index contributed by atoms with van der Waals surface area (Å²) in [4.78, 5) is 5.68. The molecular weight excluding hydrogens is 240 g/mol. The van der Waals surface area contributed by atoms with Crippen molar-refractivity contribution in [1.82, 2.24) is 10.2 Å². The SMILES string of the molecule is Cc1ccc(C(C)N2CC3CNCC3C2(C)C)s1. The van der Waals surface area contributed by atoms with Gasteiger partial charge in [0.2, 0.25) is 0 Å². The van der Waals surface area contributed by atoms with Crippen LogP contribution < -0.4 is 5.32 Å². The number of nitrogens with one attached hydrogen (secondary N) is 1. The smallest absolute Gasteiger partial charge is 0.0418 e. The fourth-order valence-electron chi connectivity index (χ4n) is 3.94. The summed E-state index contributed by atoms with van der Waals surface area (Å²) in [6.45, 7) is 13.1. The Morgan fingerprint density at radius 2 is 2.17 bits per heavy atom. The first-order chi connectivity index (χ1) is 8.50. The Bertz CT molecular complexity index is 437. The lowest BCUT2D eigenvalue weighted by atomic mass is 9.84. The first-order valence-corrected chi connectivity index (χ1v) is 7.85. The number of likely N-dealkylation sites (tertiary alicyclic amines) is 1. The molecule has 1 aromatic rings. The Balaban J connectivity index is 1.84. The maximum absolute atomic E-state index is 3.56. The van der Waals surface area contributed by atoms with Gasteiger partial charge in [0.25, 0.3) is 0 Å². The third-order valence-corrected chi connectivity index (χ3v) is 6.23. The van der Waals surface area contributed by atoms with E-state index in [0.29, 0.717) is 11.6 Å². The number of aryl methyl sites for hydroxylation is 1. The maximum atomic E-state index is 3.56. The number of rotatable bonds is 2. The van der Waals surface area contributed by atoms with Crippen molar-refractivity contribution < 1.29 is 0 Å². The minimum absolute atomic E-state index is 0.325. The fourth-order valence-corrected chi connectivity index (χ4v) is 4.88. The van der Waals surface area contributed by atoms with E-state index in [1.165, 1.54) is 29.4 Å². The van der Waals surface area contributed by atoms with Gasteiger partial charge in [0.1, 0.15) is 0 Å². The monoisotopic (exact) mass is 264 g/mol. The van der Waals surface area contributed by atoms with Crippen LogP contribution in [0.3, 0.4) is 0 Å². The van der Waals surface area contributed by atoms with Gasteiger partial charge in [-0.1, -0.05) is 0 Å². The van der Waals surface area contributed by atoms with Crippen LogP contribution in [0.5, 0.6) is 0 Å². The van der Waals surface area contributed by atoms with Crippen LogP contribution in [0, 0.1) is 18.8 Å². The highest BCUT2D eigenvalue weighted by atomic mass is 32.1. The topological polar surface area (TPSA) is 15.3 Å². The molecule has 2 nitrogen and oxygen atoms in total. The molecule has 0 aromatic carbocycles. The number of hydrogen-bond acceptors (Lipinski definition) is 3. The number of nitrogens with zero attached hydrogens (tertiary/aromatic N) is 1. The lowest BCUT2D eigenvalue weighted by Gasteiger charge is -2.39. The summed E-state index contributed by atoms with van der Waals surface area (Å²) < 4.78 is 0. The Morgan fingerprint density at radius 3 is 2.78 bits per heavy atom. The van der Waals surface area contributed by atoms with Crippen LogP contribution in [-0.2, 0) is 0 Å². The van der Waals surface area contributed by atoms with E-state index < -0.39 is 0 Å². The van der Waals surface area contributed by atoms with Gasteiger partial charge in [-0.3, -0.25) is 4.90 Å². The lowest BCUT2D eigenvalue weighted by molar-refractivity contribution is 0.0987.